The molecule has 3 rings (SSSR count). The minimum Gasteiger partial charge on any atom is -0.354 e. The van der Waals surface area contributed by atoms with E-state index in [0.717, 1.165) is 16.6 Å². The van der Waals surface area contributed by atoms with E-state index in [4.69, 9.17) is 11.6 Å². The van der Waals surface area contributed by atoms with Crippen molar-refractivity contribution in [3.63, 3.8) is 0 Å². The van der Waals surface area contributed by atoms with E-state index in [9.17, 15) is 31.2 Å². The van der Waals surface area contributed by atoms with Crippen molar-refractivity contribution in [3.05, 3.63) is 93.4 Å². The fraction of sp³-hybridized carbons (Fsp3) is 0.286. The predicted octanol–water partition coefficient (Wildman–Crippen LogP) is 6.26. The third-order valence-electron chi connectivity index (χ3n) is 6.13. The second-order valence-electron chi connectivity index (χ2n) is 9.10. The third-order valence-corrected chi connectivity index (χ3v) is 8.76. The number of carbonyl (C=O) groups is 2. The summed E-state index contributed by atoms with van der Waals surface area (Å²) in [7, 11) is -4.58. The molecular formula is C28H28BrClF3N3O4S. The molecule has 0 saturated carbocycles. The third kappa shape index (κ3) is 8.23. The van der Waals surface area contributed by atoms with Crippen molar-refractivity contribution in [1.82, 2.24) is 10.2 Å². The van der Waals surface area contributed by atoms with Gasteiger partial charge in [-0.15, -0.1) is 0 Å². The van der Waals surface area contributed by atoms with Crippen molar-refractivity contribution >= 4 is 55.1 Å². The predicted molar refractivity (Wildman–Crippen MR) is 155 cm³/mol. The van der Waals surface area contributed by atoms with Gasteiger partial charge >= 0.3 is 6.18 Å². The number of rotatable bonds is 11. The van der Waals surface area contributed by atoms with E-state index in [2.05, 4.69) is 21.2 Å². The molecule has 1 N–H and O–H groups in total. The maximum absolute atomic E-state index is 13.9. The normalized spacial score (nSPS) is 12.5. The molecule has 13 heteroatoms. The summed E-state index contributed by atoms with van der Waals surface area (Å²) in [5, 5.41) is 2.41. The number of carbonyl (C=O) groups excluding carboxylic acids is 2. The quantitative estimate of drug-likeness (QED) is 0.260. The second-order valence-corrected chi connectivity index (χ2v) is 12.3. The molecular weight excluding hydrogens is 647 g/mol. The lowest BCUT2D eigenvalue weighted by Gasteiger charge is -2.32. The number of benzene rings is 3. The highest BCUT2D eigenvalue weighted by molar-refractivity contribution is 9.10. The van der Waals surface area contributed by atoms with Gasteiger partial charge in [-0.2, -0.15) is 13.2 Å². The molecule has 0 aliphatic carbocycles. The molecule has 7 nitrogen and oxygen atoms in total. The average molecular weight is 675 g/mol. The molecule has 0 unspecified atom stereocenters. The summed E-state index contributed by atoms with van der Waals surface area (Å²) in [6.07, 6.45) is -4.15. The Kier molecular flexibility index (Phi) is 10.8. The van der Waals surface area contributed by atoms with Gasteiger partial charge < -0.3 is 10.2 Å². The van der Waals surface area contributed by atoms with E-state index < -0.39 is 51.9 Å². The summed E-state index contributed by atoms with van der Waals surface area (Å²) >= 11 is 9.59. The maximum Gasteiger partial charge on any atom is 0.416 e. The number of nitrogens with zero attached hydrogens (tertiary/aromatic N) is 2. The van der Waals surface area contributed by atoms with Crippen molar-refractivity contribution in [2.24, 2.45) is 0 Å². The van der Waals surface area contributed by atoms with Crippen molar-refractivity contribution in [2.45, 2.75) is 43.9 Å². The molecule has 41 heavy (non-hydrogen) atoms. The van der Waals surface area contributed by atoms with Gasteiger partial charge in [-0.1, -0.05) is 64.8 Å². The number of sulfonamides is 1. The van der Waals surface area contributed by atoms with Crippen molar-refractivity contribution < 1.29 is 31.2 Å². The lowest BCUT2D eigenvalue weighted by Crippen LogP contribution is -2.51. The largest absolute Gasteiger partial charge is 0.416 e. The van der Waals surface area contributed by atoms with Gasteiger partial charge in [0.2, 0.25) is 11.8 Å². The number of nitrogens with one attached hydrogen (secondary N) is 1. The van der Waals surface area contributed by atoms with Gasteiger partial charge in [0.25, 0.3) is 10.0 Å². The Balaban J connectivity index is 2.11. The van der Waals surface area contributed by atoms with E-state index in [-0.39, 0.29) is 16.5 Å². The van der Waals surface area contributed by atoms with Gasteiger partial charge in [0.05, 0.1) is 21.2 Å². The van der Waals surface area contributed by atoms with Crippen LogP contribution in [0, 0.1) is 0 Å². The number of hydrogen-bond donors (Lipinski definition) is 1. The zero-order valence-electron chi connectivity index (χ0n) is 22.2. The van der Waals surface area contributed by atoms with E-state index >= 15 is 0 Å². The Morgan fingerprint density at radius 3 is 2.24 bits per heavy atom. The number of anilines is 1. The SMILES string of the molecule is CCCNC(=O)[C@@H](C)N(Cc1ccc(Br)cc1)C(=O)CN(c1cc(C(F)(F)F)ccc1Cl)S(=O)(=O)c1ccccc1. The van der Waals surface area contributed by atoms with Crippen LogP contribution in [0.3, 0.4) is 0 Å². The van der Waals surface area contributed by atoms with Crippen LogP contribution in [-0.4, -0.2) is 44.3 Å². The van der Waals surface area contributed by atoms with Gasteiger partial charge in [0, 0.05) is 17.6 Å². The van der Waals surface area contributed by atoms with Gasteiger partial charge in [0.15, 0.2) is 0 Å². The van der Waals surface area contributed by atoms with Crippen LogP contribution in [0.1, 0.15) is 31.4 Å². The molecule has 0 aliphatic heterocycles. The minimum atomic E-state index is -4.80. The van der Waals surface area contributed by atoms with E-state index in [1.807, 2.05) is 6.92 Å². The monoisotopic (exact) mass is 673 g/mol. The summed E-state index contributed by atoms with van der Waals surface area (Å²) in [5.74, 6) is -1.29. The van der Waals surface area contributed by atoms with Gasteiger partial charge in [-0.3, -0.25) is 13.9 Å². The molecule has 1 atom stereocenters. The molecule has 0 fully saturated rings. The summed E-state index contributed by atoms with van der Waals surface area (Å²) < 4.78 is 69.7. The van der Waals surface area contributed by atoms with Crippen LogP contribution >= 0.6 is 27.5 Å². The van der Waals surface area contributed by atoms with Crippen LogP contribution in [0.25, 0.3) is 0 Å². The molecule has 3 aromatic rings. The summed E-state index contributed by atoms with van der Waals surface area (Å²) in [6.45, 7) is 2.73. The minimum absolute atomic E-state index is 0.0671. The molecule has 2 amide bonds. The summed E-state index contributed by atoms with van der Waals surface area (Å²) in [4.78, 5) is 27.7. The first-order valence-corrected chi connectivity index (χ1v) is 15.1. The topological polar surface area (TPSA) is 86.8 Å². The number of halogens is 5. The first-order valence-electron chi connectivity index (χ1n) is 12.5. The molecule has 0 heterocycles. The summed E-state index contributed by atoms with van der Waals surface area (Å²) in [6, 6.07) is 15.1. The Morgan fingerprint density at radius 1 is 1.02 bits per heavy atom. The van der Waals surface area contributed by atoms with Crippen LogP contribution in [-0.2, 0) is 32.3 Å². The molecule has 220 valence electrons. The molecule has 0 saturated heterocycles. The Labute approximate surface area is 250 Å². The van der Waals surface area contributed by atoms with Crippen LogP contribution in [0.5, 0.6) is 0 Å². The van der Waals surface area contributed by atoms with E-state index in [1.54, 1.807) is 30.3 Å². The molecule has 0 bridgehead atoms. The maximum atomic E-state index is 13.9. The highest BCUT2D eigenvalue weighted by atomic mass is 79.9. The van der Waals surface area contributed by atoms with Gasteiger partial charge in [-0.25, -0.2) is 8.42 Å². The zero-order valence-corrected chi connectivity index (χ0v) is 25.3. The first-order chi connectivity index (χ1) is 19.3. The average Bonchev–Trinajstić information content (AvgIpc) is 2.94. The highest BCUT2D eigenvalue weighted by Gasteiger charge is 2.36. The zero-order chi connectivity index (χ0) is 30.4. The van der Waals surface area contributed by atoms with E-state index in [0.29, 0.717) is 28.9 Å². The lowest BCUT2D eigenvalue weighted by atomic mass is 10.1. The van der Waals surface area contributed by atoms with E-state index in [1.165, 1.54) is 36.1 Å². The molecule has 0 radical (unpaired) electrons. The smallest absolute Gasteiger partial charge is 0.354 e. The second kappa shape index (κ2) is 13.7. The fourth-order valence-corrected chi connectivity index (χ4v) is 5.86. The van der Waals surface area contributed by atoms with Crippen molar-refractivity contribution in [3.8, 4) is 0 Å². The van der Waals surface area contributed by atoms with Gasteiger partial charge in [-0.05, 0) is 61.4 Å². The number of amides is 2. The van der Waals surface area contributed by atoms with Crippen molar-refractivity contribution in [1.29, 1.82) is 0 Å². The lowest BCUT2D eigenvalue weighted by molar-refractivity contribution is -0.139. The Hall–Kier alpha value is -3.09. The number of alkyl halides is 3. The highest BCUT2D eigenvalue weighted by Crippen LogP contribution is 2.37. The number of hydrogen-bond acceptors (Lipinski definition) is 4. The molecule has 0 aromatic heterocycles. The van der Waals surface area contributed by atoms with Crippen LogP contribution in [0.4, 0.5) is 18.9 Å². The van der Waals surface area contributed by atoms with Crippen LogP contribution < -0.4 is 9.62 Å². The molecule has 0 spiro atoms. The standard InChI is InChI=1S/C28H28BrClF3N3O4S/c1-3-15-34-27(38)19(2)35(17-20-9-12-22(29)13-10-20)26(37)18-36(41(39,40)23-7-5-4-6-8-23)25-16-21(28(31,32)33)11-14-24(25)30/h4-14,16,19H,3,15,17-18H2,1-2H3,(H,34,38)/t19-/m1/s1. The van der Waals surface area contributed by atoms with Crippen molar-refractivity contribution in [2.75, 3.05) is 17.4 Å². The molecule has 0 aliphatic rings. The summed E-state index contributed by atoms with van der Waals surface area (Å²) in [5.41, 5.74) is -1.02. The first kappa shape index (κ1) is 32.4. The molecule has 3 aromatic carbocycles. The Bertz CT molecular complexity index is 1470. The fourth-order valence-electron chi connectivity index (χ4n) is 3.88. The van der Waals surface area contributed by atoms with Gasteiger partial charge in [0.1, 0.15) is 12.6 Å². The van der Waals surface area contributed by atoms with Crippen LogP contribution in [0.15, 0.2) is 82.2 Å². The Morgan fingerprint density at radius 2 is 1.66 bits per heavy atom. The van der Waals surface area contributed by atoms with Crippen LogP contribution in [0.2, 0.25) is 5.02 Å².